The van der Waals surface area contributed by atoms with E-state index in [0.29, 0.717) is 0 Å². The van der Waals surface area contributed by atoms with Crippen LogP contribution < -0.4 is 5.32 Å². The zero-order valence-corrected chi connectivity index (χ0v) is 9.57. The molecule has 1 amide bonds. The van der Waals surface area contributed by atoms with Crippen molar-refractivity contribution in [3.63, 3.8) is 0 Å². The van der Waals surface area contributed by atoms with Crippen LogP contribution in [0.15, 0.2) is 16.5 Å². The van der Waals surface area contributed by atoms with Crippen molar-refractivity contribution in [2.45, 2.75) is 25.4 Å². The molecule has 0 atom stereocenters. The Bertz CT molecular complexity index is 376. The molecule has 7 heteroatoms. The first-order valence-corrected chi connectivity index (χ1v) is 5.36. The minimum absolute atomic E-state index is 0.0112. The first-order chi connectivity index (χ1) is 7.88. The molecule has 0 fully saturated rings. The molecule has 1 aromatic rings. The first kappa shape index (κ1) is 13.9. The van der Waals surface area contributed by atoms with Gasteiger partial charge >= 0.3 is 6.18 Å². The lowest BCUT2D eigenvalue weighted by Gasteiger charge is -2.06. The molecule has 0 aromatic carbocycles. The molecule has 0 bridgehead atoms. The summed E-state index contributed by atoms with van der Waals surface area (Å²) >= 11 is 5.47. The highest BCUT2D eigenvalue weighted by Gasteiger charge is 2.25. The topological polar surface area (TPSA) is 42.2 Å². The van der Waals surface area contributed by atoms with Gasteiger partial charge in [0, 0.05) is 13.0 Å². The van der Waals surface area contributed by atoms with Gasteiger partial charge in [-0.1, -0.05) is 0 Å². The first-order valence-electron chi connectivity index (χ1n) is 4.99. The van der Waals surface area contributed by atoms with E-state index >= 15 is 0 Å². The maximum Gasteiger partial charge on any atom is 0.389 e. The number of carbonyl (C=O) groups excluding carboxylic acids is 1. The molecule has 0 aliphatic rings. The number of nitrogens with one attached hydrogen (secondary N) is 1. The average molecular weight is 270 g/mol. The lowest BCUT2D eigenvalue weighted by Crippen LogP contribution is -2.24. The van der Waals surface area contributed by atoms with Crippen molar-refractivity contribution in [2.75, 3.05) is 6.54 Å². The predicted octanol–water partition coefficient (Wildman–Crippen LogP) is 3.40. The minimum Gasteiger partial charge on any atom is -0.440 e. The number of halogens is 4. The smallest absolute Gasteiger partial charge is 0.389 e. The standard InChI is InChI=1S/C10H11ClF3NO2/c11-8-4-3-7(17-8)9(16)15-6-2-1-5-10(12,13)14/h3-4H,1-2,5-6H2,(H,15,16). The van der Waals surface area contributed by atoms with Gasteiger partial charge in [0.15, 0.2) is 11.0 Å². The number of alkyl halides is 3. The van der Waals surface area contributed by atoms with Gasteiger partial charge in [-0.3, -0.25) is 4.79 Å². The molecule has 3 nitrogen and oxygen atoms in total. The average Bonchev–Trinajstić information content (AvgIpc) is 2.62. The van der Waals surface area contributed by atoms with Crippen molar-refractivity contribution >= 4 is 17.5 Å². The van der Waals surface area contributed by atoms with Crippen molar-refractivity contribution in [3.05, 3.63) is 23.1 Å². The molecule has 0 radical (unpaired) electrons. The zero-order valence-electron chi connectivity index (χ0n) is 8.81. The molecule has 0 saturated carbocycles. The predicted molar refractivity (Wildman–Crippen MR) is 56.0 cm³/mol. The normalized spacial score (nSPS) is 11.5. The Morgan fingerprint density at radius 2 is 2.06 bits per heavy atom. The van der Waals surface area contributed by atoms with Crippen molar-refractivity contribution < 1.29 is 22.4 Å². The molecular formula is C10H11ClF3NO2. The number of furan rings is 1. The summed E-state index contributed by atoms with van der Waals surface area (Å²) in [7, 11) is 0. The van der Waals surface area contributed by atoms with E-state index in [-0.39, 0.29) is 30.4 Å². The second kappa shape index (κ2) is 5.95. The third kappa shape index (κ3) is 5.63. The summed E-state index contributed by atoms with van der Waals surface area (Å²) in [4.78, 5) is 11.3. The van der Waals surface area contributed by atoms with Crippen LogP contribution in [0, 0.1) is 0 Å². The molecule has 1 heterocycles. The van der Waals surface area contributed by atoms with Crippen molar-refractivity contribution in [1.82, 2.24) is 5.32 Å². The summed E-state index contributed by atoms with van der Waals surface area (Å²) < 4.78 is 40.2. The van der Waals surface area contributed by atoms with Gasteiger partial charge in [0.05, 0.1) is 0 Å². The van der Waals surface area contributed by atoms with Crippen LogP contribution in [0.4, 0.5) is 13.2 Å². The van der Waals surface area contributed by atoms with Crippen LogP contribution >= 0.6 is 11.6 Å². The maximum atomic E-state index is 11.8. The molecule has 96 valence electrons. The maximum absolute atomic E-state index is 11.8. The van der Waals surface area contributed by atoms with Crippen LogP contribution in [-0.4, -0.2) is 18.6 Å². The van der Waals surface area contributed by atoms with E-state index in [4.69, 9.17) is 16.0 Å². The Morgan fingerprint density at radius 3 is 2.59 bits per heavy atom. The highest BCUT2D eigenvalue weighted by atomic mass is 35.5. The fourth-order valence-corrected chi connectivity index (χ4v) is 1.32. The summed E-state index contributed by atoms with van der Waals surface area (Å²) in [6, 6.07) is 2.81. The summed E-state index contributed by atoms with van der Waals surface area (Å²) in [6.45, 7) is 0.174. The summed E-state index contributed by atoms with van der Waals surface area (Å²) in [5, 5.41) is 2.53. The van der Waals surface area contributed by atoms with Gasteiger partial charge in [-0.25, -0.2) is 0 Å². The van der Waals surface area contributed by atoms with E-state index in [1.807, 2.05) is 0 Å². The van der Waals surface area contributed by atoms with Crippen LogP contribution in [0.1, 0.15) is 29.8 Å². The Kier molecular flexibility index (Phi) is 4.86. The molecular weight excluding hydrogens is 259 g/mol. The van der Waals surface area contributed by atoms with Crippen molar-refractivity contribution in [3.8, 4) is 0 Å². The van der Waals surface area contributed by atoms with E-state index in [1.165, 1.54) is 12.1 Å². The number of hydrogen-bond donors (Lipinski definition) is 1. The zero-order chi connectivity index (χ0) is 12.9. The molecule has 0 aliphatic carbocycles. The Labute approximate surface area is 101 Å². The minimum atomic E-state index is -4.14. The summed E-state index contributed by atoms with van der Waals surface area (Å²) in [5.41, 5.74) is 0. The number of unbranched alkanes of at least 4 members (excludes halogenated alkanes) is 1. The molecule has 1 rings (SSSR count). The molecule has 0 saturated heterocycles. The molecule has 17 heavy (non-hydrogen) atoms. The van der Waals surface area contributed by atoms with E-state index in [9.17, 15) is 18.0 Å². The molecule has 1 aromatic heterocycles. The molecule has 0 spiro atoms. The third-order valence-corrected chi connectivity index (χ3v) is 2.17. The number of hydrogen-bond acceptors (Lipinski definition) is 2. The van der Waals surface area contributed by atoms with Crippen LogP contribution in [0.5, 0.6) is 0 Å². The van der Waals surface area contributed by atoms with Crippen molar-refractivity contribution in [1.29, 1.82) is 0 Å². The molecule has 0 unspecified atom stereocenters. The number of carbonyl (C=O) groups is 1. The number of amides is 1. The highest BCUT2D eigenvalue weighted by molar-refractivity contribution is 6.29. The van der Waals surface area contributed by atoms with Gasteiger partial charge in [0.1, 0.15) is 0 Å². The summed E-state index contributed by atoms with van der Waals surface area (Å²) in [5.74, 6) is -0.435. The van der Waals surface area contributed by atoms with Gasteiger partial charge in [-0.05, 0) is 36.6 Å². The third-order valence-electron chi connectivity index (χ3n) is 1.97. The quantitative estimate of drug-likeness (QED) is 0.833. The Morgan fingerprint density at radius 1 is 1.35 bits per heavy atom. The molecule has 0 aliphatic heterocycles. The van der Waals surface area contributed by atoms with E-state index < -0.39 is 18.5 Å². The van der Waals surface area contributed by atoms with Crippen LogP contribution in [0.25, 0.3) is 0 Å². The fourth-order valence-electron chi connectivity index (χ4n) is 1.18. The fraction of sp³-hybridized carbons (Fsp3) is 0.500. The SMILES string of the molecule is O=C(NCCCCC(F)(F)F)c1ccc(Cl)o1. The van der Waals surface area contributed by atoms with Gasteiger partial charge in [-0.15, -0.1) is 0 Å². The van der Waals surface area contributed by atoms with E-state index in [0.717, 1.165) is 0 Å². The number of rotatable bonds is 5. The summed E-state index contributed by atoms with van der Waals surface area (Å²) in [6.07, 6.45) is -4.73. The Hall–Kier alpha value is -1.17. The Balaban J connectivity index is 2.17. The van der Waals surface area contributed by atoms with Gasteiger partial charge in [0.25, 0.3) is 5.91 Å². The lowest BCUT2D eigenvalue weighted by molar-refractivity contribution is -0.135. The van der Waals surface area contributed by atoms with Gasteiger partial charge < -0.3 is 9.73 Å². The monoisotopic (exact) mass is 269 g/mol. The lowest BCUT2D eigenvalue weighted by atomic mass is 10.2. The largest absolute Gasteiger partial charge is 0.440 e. The second-order valence-corrected chi connectivity index (χ2v) is 3.80. The van der Waals surface area contributed by atoms with Crippen LogP contribution in [0.3, 0.4) is 0 Å². The van der Waals surface area contributed by atoms with Crippen LogP contribution in [0.2, 0.25) is 5.22 Å². The highest BCUT2D eigenvalue weighted by Crippen LogP contribution is 2.21. The molecule has 1 N–H and O–H groups in total. The van der Waals surface area contributed by atoms with E-state index in [1.54, 1.807) is 0 Å². The van der Waals surface area contributed by atoms with E-state index in [2.05, 4.69) is 5.32 Å². The van der Waals surface area contributed by atoms with Gasteiger partial charge in [0.2, 0.25) is 0 Å². The van der Waals surface area contributed by atoms with Crippen molar-refractivity contribution in [2.24, 2.45) is 0 Å². The van der Waals surface area contributed by atoms with Gasteiger partial charge in [-0.2, -0.15) is 13.2 Å². The second-order valence-electron chi connectivity index (χ2n) is 3.43. The van der Waals surface area contributed by atoms with Crippen LogP contribution in [-0.2, 0) is 0 Å².